The number of thioether (sulfide) groups is 1. The van der Waals surface area contributed by atoms with E-state index in [1.54, 1.807) is 23.1 Å². The minimum atomic E-state index is -0.0168. The van der Waals surface area contributed by atoms with Gasteiger partial charge < -0.3 is 4.57 Å². The molecule has 1 aromatic carbocycles. The Morgan fingerprint density at radius 1 is 1.41 bits per heavy atom. The van der Waals surface area contributed by atoms with E-state index in [0.717, 1.165) is 22.2 Å². The zero-order valence-corrected chi connectivity index (χ0v) is 18.1. The standard InChI is InChI=1S/C18H22N6S3/c1-4-23(10-13(2)9-19)12-24-18(25)22(3)16(21-24)11-26-17-20-14-7-5-6-8-15(14)27-17/h5-8,13H,4,10-12H2,1-3H3. The summed E-state index contributed by atoms with van der Waals surface area (Å²) in [5.74, 6) is 1.62. The Balaban J connectivity index is 1.70. The van der Waals surface area contributed by atoms with E-state index in [-0.39, 0.29) is 5.92 Å². The average Bonchev–Trinajstić information content (AvgIpc) is 3.21. The fourth-order valence-electron chi connectivity index (χ4n) is 2.69. The maximum atomic E-state index is 9.05. The summed E-state index contributed by atoms with van der Waals surface area (Å²) in [5.41, 5.74) is 1.04. The molecule has 9 heteroatoms. The molecular weight excluding hydrogens is 396 g/mol. The van der Waals surface area contributed by atoms with Crippen LogP contribution in [0.15, 0.2) is 28.6 Å². The number of benzene rings is 1. The second-order valence-electron chi connectivity index (χ2n) is 6.33. The molecule has 2 aromatic heterocycles. The van der Waals surface area contributed by atoms with Crippen molar-refractivity contribution in [3.63, 3.8) is 0 Å². The number of nitrogens with zero attached hydrogens (tertiary/aromatic N) is 6. The third kappa shape index (κ3) is 4.76. The highest BCUT2D eigenvalue weighted by Crippen LogP contribution is 2.31. The minimum Gasteiger partial charge on any atom is -0.306 e. The molecule has 3 aromatic rings. The van der Waals surface area contributed by atoms with Gasteiger partial charge in [-0.1, -0.05) is 30.8 Å². The van der Waals surface area contributed by atoms with Crippen LogP contribution in [0.4, 0.5) is 0 Å². The van der Waals surface area contributed by atoms with Crippen molar-refractivity contribution in [1.29, 1.82) is 5.26 Å². The number of hydrogen-bond donors (Lipinski definition) is 0. The number of fused-ring (bicyclic) bond motifs is 1. The van der Waals surface area contributed by atoms with Crippen LogP contribution in [0.2, 0.25) is 0 Å². The van der Waals surface area contributed by atoms with E-state index in [0.29, 0.717) is 23.7 Å². The number of aromatic nitrogens is 4. The first-order valence-corrected chi connectivity index (χ1v) is 11.0. The summed E-state index contributed by atoms with van der Waals surface area (Å²) in [6.45, 7) is 6.17. The van der Waals surface area contributed by atoms with Gasteiger partial charge in [0.05, 0.1) is 34.6 Å². The molecule has 0 fully saturated rings. The number of para-hydroxylation sites is 1. The first-order chi connectivity index (χ1) is 13.0. The van der Waals surface area contributed by atoms with Crippen LogP contribution < -0.4 is 0 Å². The fraction of sp³-hybridized carbons (Fsp3) is 0.444. The minimum absolute atomic E-state index is 0.0168. The number of hydrogen-bond acceptors (Lipinski definition) is 7. The summed E-state index contributed by atoms with van der Waals surface area (Å²) in [5, 5.41) is 13.8. The van der Waals surface area contributed by atoms with Gasteiger partial charge >= 0.3 is 0 Å². The normalized spacial score (nSPS) is 12.6. The molecule has 142 valence electrons. The highest BCUT2D eigenvalue weighted by molar-refractivity contribution is 8.00. The molecule has 0 spiro atoms. The molecule has 1 atom stereocenters. The van der Waals surface area contributed by atoms with Crippen molar-refractivity contribution < 1.29 is 0 Å². The van der Waals surface area contributed by atoms with Crippen molar-refractivity contribution in [2.45, 2.75) is 30.6 Å². The lowest BCUT2D eigenvalue weighted by atomic mass is 10.2. The van der Waals surface area contributed by atoms with Gasteiger partial charge in [-0.3, -0.25) is 4.90 Å². The first-order valence-electron chi connectivity index (χ1n) is 8.74. The zero-order valence-electron chi connectivity index (χ0n) is 15.6. The molecule has 0 aliphatic heterocycles. The van der Waals surface area contributed by atoms with Gasteiger partial charge in [-0.15, -0.1) is 11.3 Å². The van der Waals surface area contributed by atoms with Crippen LogP contribution in [0, 0.1) is 22.0 Å². The lowest BCUT2D eigenvalue weighted by Gasteiger charge is -2.20. The van der Waals surface area contributed by atoms with Crippen molar-refractivity contribution in [3.8, 4) is 6.07 Å². The first kappa shape index (κ1) is 20.0. The maximum absolute atomic E-state index is 9.05. The average molecular weight is 419 g/mol. The monoisotopic (exact) mass is 418 g/mol. The molecule has 1 unspecified atom stereocenters. The molecule has 6 nitrogen and oxygen atoms in total. The van der Waals surface area contributed by atoms with Crippen molar-refractivity contribution in [3.05, 3.63) is 34.9 Å². The van der Waals surface area contributed by atoms with E-state index in [2.05, 4.69) is 28.9 Å². The largest absolute Gasteiger partial charge is 0.306 e. The van der Waals surface area contributed by atoms with Crippen LogP contribution in [0.5, 0.6) is 0 Å². The van der Waals surface area contributed by atoms with Gasteiger partial charge in [0.25, 0.3) is 0 Å². The Morgan fingerprint density at radius 2 is 2.19 bits per heavy atom. The highest BCUT2D eigenvalue weighted by Gasteiger charge is 2.14. The summed E-state index contributed by atoms with van der Waals surface area (Å²) < 4.78 is 6.73. The molecule has 0 aliphatic rings. The molecule has 27 heavy (non-hydrogen) atoms. The fourth-order valence-corrected chi connectivity index (χ4v) is 4.94. The molecule has 0 radical (unpaired) electrons. The van der Waals surface area contributed by atoms with Gasteiger partial charge in [-0.2, -0.15) is 10.4 Å². The molecule has 3 rings (SSSR count). The van der Waals surface area contributed by atoms with Crippen molar-refractivity contribution in [1.82, 2.24) is 24.2 Å². The van der Waals surface area contributed by atoms with Crippen LogP contribution in [-0.2, 0) is 19.5 Å². The molecule has 2 heterocycles. The maximum Gasteiger partial charge on any atom is 0.198 e. The van der Waals surface area contributed by atoms with Gasteiger partial charge in [0.2, 0.25) is 0 Å². The van der Waals surface area contributed by atoms with Crippen molar-refractivity contribution in [2.75, 3.05) is 13.1 Å². The third-order valence-corrected chi connectivity index (χ3v) is 6.92. The highest BCUT2D eigenvalue weighted by atomic mass is 32.2. The van der Waals surface area contributed by atoms with E-state index in [4.69, 9.17) is 22.6 Å². The van der Waals surface area contributed by atoms with E-state index >= 15 is 0 Å². The van der Waals surface area contributed by atoms with Gasteiger partial charge in [-0.05, 0) is 37.8 Å². The third-order valence-electron chi connectivity index (χ3n) is 4.26. The second kappa shape index (κ2) is 8.97. The van der Waals surface area contributed by atoms with Gasteiger partial charge in [-0.25, -0.2) is 9.67 Å². The van der Waals surface area contributed by atoms with Gasteiger partial charge in [0.15, 0.2) is 9.11 Å². The lowest BCUT2D eigenvalue weighted by Crippen LogP contribution is -2.31. The van der Waals surface area contributed by atoms with Crippen LogP contribution in [-0.4, -0.2) is 37.3 Å². The van der Waals surface area contributed by atoms with E-state index in [9.17, 15) is 0 Å². The van der Waals surface area contributed by atoms with E-state index in [1.165, 1.54) is 4.70 Å². The van der Waals surface area contributed by atoms with Crippen LogP contribution in [0.25, 0.3) is 10.2 Å². The topological polar surface area (TPSA) is 62.7 Å². The van der Waals surface area contributed by atoms with Gasteiger partial charge in [0, 0.05) is 13.6 Å². The molecule has 0 aliphatic carbocycles. The quantitative estimate of drug-likeness (QED) is 0.402. The Hall–Kier alpha value is -1.73. The van der Waals surface area contributed by atoms with Crippen LogP contribution >= 0.6 is 35.3 Å². The summed E-state index contributed by atoms with van der Waals surface area (Å²) in [4.78, 5) is 6.84. The smallest absolute Gasteiger partial charge is 0.198 e. The second-order valence-corrected chi connectivity index (χ2v) is 8.95. The van der Waals surface area contributed by atoms with Crippen molar-refractivity contribution >= 4 is 45.5 Å². The van der Waals surface area contributed by atoms with E-state index in [1.807, 2.05) is 41.4 Å². The predicted molar refractivity (Wildman–Crippen MR) is 113 cm³/mol. The van der Waals surface area contributed by atoms with Crippen molar-refractivity contribution in [2.24, 2.45) is 13.0 Å². The molecule has 0 saturated carbocycles. The number of nitriles is 1. The summed E-state index contributed by atoms with van der Waals surface area (Å²) in [6.07, 6.45) is 0. The number of thiazole rings is 1. The predicted octanol–water partition coefficient (Wildman–Crippen LogP) is 4.29. The van der Waals surface area contributed by atoms with Crippen LogP contribution in [0.3, 0.4) is 0 Å². The summed E-state index contributed by atoms with van der Waals surface area (Å²) in [7, 11) is 1.95. The van der Waals surface area contributed by atoms with Crippen LogP contribution in [0.1, 0.15) is 19.7 Å². The Kier molecular flexibility index (Phi) is 6.65. The summed E-state index contributed by atoms with van der Waals surface area (Å²) in [6, 6.07) is 10.5. The SMILES string of the molecule is CCN(CC(C)C#N)Cn1nc(CSc2nc3ccccc3s2)n(C)c1=S. The van der Waals surface area contributed by atoms with Gasteiger partial charge in [0.1, 0.15) is 5.82 Å². The van der Waals surface area contributed by atoms with E-state index < -0.39 is 0 Å². The Morgan fingerprint density at radius 3 is 2.89 bits per heavy atom. The summed E-state index contributed by atoms with van der Waals surface area (Å²) >= 11 is 8.94. The molecular formula is C18H22N6S3. The zero-order chi connectivity index (χ0) is 19.4. The molecule has 0 saturated heterocycles. The Bertz CT molecular complexity index is 979. The number of rotatable bonds is 8. The molecule has 0 amide bonds. The molecule has 0 bridgehead atoms. The molecule has 0 N–H and O–H groups in total. The lowest BCUT2D eigenvalue weighted by molar-refractivity contribution is 0.201. The Labute approximate surface area is 172 Å².